The van der Waals surface area contributed by atoms with Gasteiger partial charge in [0.05, 0.1) is 3.58 Å². The minimum absolute atomic E-state index is 0.340. The van der Waals surface area contributed by atoms with Crippen LogP contribution in [0.2, 0.25) is 0 Å². The Balaban J connectivity index is 3.83. The van der Waals surface area contributed by atoms with Crippen molar-refractivity contribution in [1.29, 1.82) is 0 Å². The van der Waals surface area contributed by atoms with Crippen molar-refractivity contribution in [2.75, 3.05) is 0 Å². The van der Waals surface area contributed by atoms with Crippen LogP contribution < -0.4 is 0 Å². The van der Waals surface area contributed by atoms with E-state index in [0.717, 1.165) is 0 Å². The third-order valence-electron chi connectivity index (χ3n) is 0.668. The average Bonchev–Trinajstić information content (AvgIpc) is 1.82. The minimum Gasteiger partial charge on any atom is -0.477 e. The Morgan fingerprint density at radius 2 is 2.33 bits per heavy atom. The van der Waals surface area contributed by atoms with Gasteiger partial charge in [0.25, 0.3) is 0 Å². The Labute approximate surface area is 67.4 Å². The van der Waals surface area contributed by atoms with Gasteiger partial charge in [0.2, 0.25) is 0 Å². The second-order valence-corrected chi connectivity index (χ2v) is 2.54. The van der Waals surface area contributed by atoms with E-state index in [1.165, 1.54) is 0 Å². The van der Waals surface area contributed by atoms with E-state index in [4.69, 9.17) is 5.11 Å². The number of hydrogen-bond donors (Lipinski definition) is 1. The molecule has 0 saturated heterocycles. The summed E-state index contributed by atoms with van der Waals surface area (Å²) >= 11 is 1.77. The Morgan fingerprint density at radius 1 is 1.78 bits per heavy atom. The van der Waals surface area contributed by atoms with Crippen LogP contribution in [0.1, 0.15) is 6.42 Å². The molecule has 0 saturated carbocycles. The molecule has 0 amide bonds. The van der Waals surface area contributed by atoms with E-state index in [9.17, 15) is 4.79 Å². The van der Waals surface area contributed by atoms with Crippen molar-refractivity contribution in [1.82, 2.24) is 0 Å². The van der Waals surface area contributed by atoms with Gasteiger partial charge >= 0.3 is 5.97 Å². The van der Waals surface area contributed by atoms with Crippen molar-refractivity contribution in [3.8, 4) is 0 Å². The van der Waals surface area contributed by atoms with E-state index in [1.807, 2.05) is 0 Å². The van der Waals surface area contributed by atoms with E-state index in [0.29, 0.717) is 10.0 Å². The number of carbonyl (C=O) groups is 1. The normalized spacial score (nSPS) is 11.0. The molecule has 0 bridgehead atoms. The standard InChI is InChI=1S/C6H7IO2/c1-2-3-4-5(7)6(8)9/h2,4H,1,3H2,(H,8,9)/b5-4-. The summed E-state index contributed by atoms with van der Waals surface area (Å²) < 4.78 is 0.340. The zero-order valence-corrected chi connectivity index (χ0v) is 6.96. The SMILES string of the molecule is C=CC/C=C(\I)C(=O)O. The van der Waals surface area contributed by atoms with Crippen molar-refractivity contribution in [3.63, 3.8) is 0 Å². The van der Waals surface area contributed by atoms with E-state index >= 15 is 0 Å². The summed E-state index contributed by atoms with van der Waals surface area (Å²) in [4.78, 5) is 10.1. The van der Waals surface area contributed by atoms with Crippen LogP contribution >= 0.6 is 22.6 Å². The number of allylic oxidation sites excluding steroid dienone is 2. The van der Waals surface area contributed by atoms with Gasteiger partial charge in [0, 0.05) is 0 Å². The number of carboxylic acid groups (broad SMARTS) is 1. The highest BCUT2D eigenvalue weighted by Crippen LogP contribution is 2.06. The number of halogens is 1. The first-order chi connectivity index (χ1) is 4.18. The quantitative estimate of drug-likeness (QED) is 0.463. The Morgan fingerprint density at radius 3 is 2.67 bits per heavy atom. The second kappa shape index (κ2) is 4.55. The zero-order valence-electron chi connectivity index (χ0n) is 4.80. The Hall–Kier alpha value is -0.320. The molecule has 2 nitrogen and oxygen atoms in total. The van der Waals surface area contributed by atoms with Crippen LogP contribution in [0.4, 0.5) is 0 Å². The first-order valence-electron chi connectivity index (χ1n) is 2.38. The minimum atomic E-state index is -0.877. The molecule has 0 aromatic heterocycles. The summed E-state index contributed by atoms with van der Waals surface area (Å²) in [5.74, 6) is -0.877. The summed E-state index contributed by atoms with van der Waals surface area (Å²) in [7, 11) is 0. The lowest BCUT2D eigenvalue weighted by molar-refractivity contribution is -0.131. The summed E-state index contributed by atoms with van der Waals surface area (Å²) in [6.45, 7) is 3.45. The van der Waals surface area contributed by atoms with Gasteiger partial charge in [0.1, 0.15) is 0 Å². The summed E-state index contributed by atoms with van der Waals surface area (Å²) in [5, 5.41) is 8.30. The highest BCUT2D eigenvalue weighted by atomic mass is 127. The van der Waals surface area contributed by atoms with Crippen LogP contribution in [0, 0.1) is 0 Å². The predicted molar refractivity (Wildman–Crippen MR) is 44.6 cm³/mol. The lowest BCUT2D eigenvalue weighted by Gasteiger charge is -1.85. The van der Waals surface area contributed by atoms with Gasteiger partial charge in [-0.15, -0.1) is 6.58 Å². The number of rotatable bonds is 3. The molecule has 0 heterocycles. The fourth-order valence-corrected chi connectivity index (χ4v) is 0.528. The van der Waals surface area contributed by atoms with Crippen LogP contribution in [0.25, 0.3) is 0 Å². The Bertz CT molecular complexity index is 149. The summed E-state index contributed by atoms with van der Waals surface area (Å²) in [6.07, 6.45) is 3.88. The average molecular weight is 238 g/mol. The molecule has 0 aromatic carbocycles. The van der Waals surface area contributed by atoms with Gasteiger partial charge in [-0.3, -0.25) is 0 Å². The predicted octanol–water partition coefficient (Wildman–Crippen LogP) is 1.97. The van der Waals surface area contributed by atoms with E-state index in [-0.39, 0.29) is 0 Å². The van der Waals surface area contributed by atoms with Gasteiger partial charge in [-0.2, -0.15) is 0 Å². The molecular formula is C6H7IO2. The largest absolute Gasteiger partial charge is 0.477 e. The smallest absolute Gasteiger partial charge is 0.341 e. The maximum atomic E-state index is 10.1. The van der Waals surface area contributed by atoms with Crippen molar-refractivity contribution in [2.45, 2.75) is 6.42 Å². The fourth-order valence-electron chi connectivity index (χ4n) is 0.274. The van der Waals surface area contributed by atoms with E-state index in [2.05, 4.69) is 6.58 Å². The van der Waals surface area contributed by atoms with Gasteiger partial charge in [-0.1, -0.05) is 12.2 Å². The van der Waals surface area contributed by atoms with Gasteiger partial charge < -0.3 is 5.11 Å². The lowest BCUT2D eigenvalue weighted by Crippen LogP contribution is -1.91. The van der Waals surface area contributed by atoms with Crippen LogP contribution in [0.15, 0.2) is 22.3 Å². The number of carboxylic acids is 1. The van der Waals surface area contributed by atoms with Crippen molar-refractivity contribution in [3.05, 3.63) is 22.3 Å². The molecule has 0 aromatic rings. The van der Waals surface area contributed by atoms with Gasteiger partial charge in [0.15, 0.2) is 0 Å². The van der Waals surface area contributed by atoms with Crippen molar-refractivity contribution >= 4 is 28.6 Å². The monoisotopic (exact) mass is 238 g/mol. The molecule has 0 aliphatic rings. The third-order valence-corrected chi connectivity index (χ3v) is 1.57. The van der Waals surface area contributed by atoms with Gasteiger partial charge in [-0.05, 0) is 29.0 Å². The van der Waals surface area contributed by atoms with Crippen LogP contribution in [0.3, 0.4) is 0 Å². The van der Waals surface area contributed by atoms with Gasteiger partial charge in [-0.25, -0.2) is 4.79 Å². The molecule has 0 rings (SSSR count). The van der Waals surface area contributed by atoms with E-state index < -0.39 is 5.97 Å². The molecule has 0 spiro atoms. The maximum Gasteiger partial charge on any atom is 0.341 e. The topological polar surface area (TPSA) is 37.3 Å². The summed E-state index contributed by atoms with van der Waals surface area (Å²) in [5.41, 5.74) is 0. The number of hydrogen-bond acceptors (Lipinski definition) is 1. The molecule has 50 valence electrons. The molecular weight excluding hydrogens is 231 g/mol. The molecule has 0 aliphatic carbocycles. The van der Waals surface area contributed by atoms with Crippen molar-refractivity contribution < 1.29 is 9.90 Å². The van der Waals surface area contributed by atoms with Crippen molar-refractivity contribution in [2.24, 2.45) is 0 Å². The second-order valence-electron chi connectivity index (χ2n) is 1.38. The highest BCUT2D eigenvalue weighted by Gasteiger charge is 1.97. The molecule has 0 atom stereocenters. The van der Waals surface area contributed by atoms with Crippen LogP contribution in [-0.4, -0.2) is 11.1 Å². The fraction of sp³-hybridized carbons (Fsp3) is 0.167. The first-order valence-corrected chi connectivity index (χ1v) is 3.46. The maximum absolute atomic E-state index is 10.1. The molecule has 0 aliphatic heterocycles. The number of aliphatic carboxylic acids is 1. The molecule has 3 heteroatoms. The molecule has 0 fully saturated rings. The van der Waals surface area contributed by atoms with Crippen LogP contribution in [-0.2, 0) is 4.79 Å². The van der Waals surface area contributed by atoms with E-state index in [1.54, 1.807) is 34.7 Å². The molecule has 0 radical (unpaired) electrons. The zero-order chi connectivity index (χ0) is 7.28. The first kappa shape index (κ1) is 8.68. The third kappa shape index (κ3) is 4.20. The van der Waals surface area contributed by atoms with Crippen LogP contribution in [0.5, 0.6) is 0 Å². The lowest BCUT2D eigenvalue weighted by atomic mass is 10.4. The summed E-state index contributed by atoms with van der Waals surface area (Å²) in [6, 6.07) is 0. The highest BCUT2D eigenvalue weighted by molar-refractivity contribution is 14.1. The molecule has 9 heavy (non-hydrogen) atoms. The molecule has 0 unspecified atom stereocenters. The molecule has 1 N–H and O–H groups in total. The Kier molecular flexibility index (Phi) is 4.39.